The van der Waals surface area contributed by atoms with Crippen LogP contribution in [0.4, 0.5) is 11.4 Å². The highest BCUT2D eigenvalue weighted by molar-refractivity contribution is 6.30. The maximum absolute atomic E-state index is 12.6. The van der Waals surface area contributed by atoms with Crippen LogP contribution < -0.4 is 15.1 Å². The van der Waals surface area contributed by atoms with Crippen molar-refractivity contribution in [1.29, 1.82) is 0 Å². The normalized spacial score (nSPS) is 14.5. The smallest absolute Gasteiger partial charge is 0.277 e. The molecule has 1 heterocycles. The third kappa shape index (κ3) is 5.97. The Bertz CT molecular complexity index is 893. The highest BCUT2D eigenvalue weighted by Gasteiger charge is 2.25. The van der Waals surface area contributed by atoms with Crippen LogP contribution in [-0.2, 0) is 9.59 Å². The Hall–Kier alpha value is -2.57. The lowest BCUT2D eigenvalue weighted by Crippen LogP contribution is -3.15. The molecule has 0 bridgehead atoms. The molecule has 2 aromatic carbocycles. The first-order valence-corrected chi connectivity index (χ1v) is 10.6. The lowest BCUT2D eigenvalue weighted by molar-refractivity contribution is -0.892. The van der Waals surface area contributed by atoms with E-state index in [2.05, 4.69) is 17.1 Å². The summed E-state index contributed by atoms with van der Waals surface area (Å²) in [6.45, 7) is 8.04. The Morgan fingerprint density at radius 3 is 2.43 bits per heavy atom. The molecule has 6 nitrogen and oxygen atoms in total. The number of rotatable bonds is 6. The molecule has 1 aliphatic heterocycles. The summed E-state index contributed by atoms with van der Waals surface area (Å²) in [6, 6.07) is 13.6. The molecule has 0 radical (unpaired) electrons. The standard InChI is InChI=1S/C23H29ClN4O2/c1-17-4-8-20(9-5-17)25-22(29)15-26(3)23(30)16-27-10-12-28(13-11-27)21-14-19(24)7-6-18(21)2/h4-9,14H,10-13,15-16H2,1-3H3,(H,25,29)/p+1. The van der Waals surface area contributed by atoms with Crippen molar-refractivity contribution < 1.29 is 14.5 Å². The average Bonchev–Trinajstić information content (AvgIpc) is 2.72. The molecular weight excluding hydrogens is 400 g/mol. The summed E-state index contributed by atoms with van der Waals surface area (Å²) in [7, 11) is 1.68. The van der Waals surface area contributed by atoms with E-state index in [9.17, 15) is 9.59 Å². The number of hydrogen-bond donors (Lipinski definition) is 2. The molecule has 2 N–H and O–H groups in total. The molecule has 1 saturated heterocycles. The highest BCUT2D eigenvalue weighted by atomic mass is 35.5. The van der Waals surface area contributed by atoms with E-state index >= 15 is 0 Å². The molecule has 160 valence electrons. The fourth-order valence-electron chi connectivity index (χ4n) is 3.65. The van der Waals surface area contributed by atoms with E-state index in [1.807, 2.05) is 49.4 Å². The lowest BCUT2D eigenvalue weighted by Gasteiger charge is -2.34. The lowest BCUT2D eigenvalue weighted by atomic mass is 10.1. The Morgan fingerprint density at radius 1 is 1.10 bits per heavy atom. The van der Waals surface area contributed by atoms with E-state index in [1.54, 1.807) is 7.05 Å². The number of carbonyl (C=O) groups excluding carboxylic acids is 2. The molecule has 1 aliphatic rings. The van der Waals surface area contributed by atoms with Gasteiger partial charge in [0.15, 0.2) is 6.54 Å². The van der Waals surface area contributed by atoms with Gasteiger partial charge < -0.3 is 20.0 Å². The van der Waals surface area contributed by atoms with Crippen LogP contribution in [0.25, 0.3) is 0 Å². The van der Waals surface area contributed by atoms with Crippen molar-refractivity contribution in [2.75, 3.05) is 56.5 Å². The van der Waals surface area contributed by atoms with Crippen molar-refractivity contribution in [3.63, 3.8) is 0 Å². The van der Waals surface area contributed by atoms with Gasteiger partial charge in [0.2, 0.25) is 5.91 Å². The number of carbonyl (C=O) groups is 2. The van der Waals surface area contributed by atoms with E-state index in [0.29, 0.717) is 6.54 Å². The van der Waals surface area contributed by atoms with Crippen LogP contribution in [0.3, 0.4) is 0 Å². The number of piperazine rings is 1. The van der Waals surface area contributed by atoms with Crippen LogP contribution in [0.1, 0.15) is 11.1 Å². The maximum atomic E-state index is 12.6. The molecule has 3 rings (SSSR count). The van der Waals surface area contributed by atoms with Crippen molar-refractivity contribution in [1.82, 2.24) is 4.90 Å². The number of anilines is 2. The van der Waals surface area contributed by atoms with Crippen LogP contribution in [0, 0.1) is 13.8 Å². The van der Waals surface area contributed by atoms with Gasteiger partial charge in [-0.15, -0.1) is 0 Å². The molecule has 0 unspecified atom stereocenters. The zero-order chi connectivity index (χ0) is 21.7. The second-order valence-corrected chi connectivity index (χ2v) is 8.45. The minimum absolute atomic E-state index is 0.0172. The molecule has 0 spiro atoms. The van der Waals surface area contributed by atoms with E-state index in [0.717, 1.165) is 48.1 Å². The third-order valence-corrected chi connectivity index (χ3v) is 5.76. The molecule has 1 fully saturated rings. The number of hydrogen-bond acceptors (Lipinski definition) is 3. The first kappa shape index (κ1) is 22.1. The fourth-order valence-corrected chi connectivity index (χ4v) is 3.82. The summed E-state index contributed by atoms with van der Waals surface area (Å²) in [6.07, 6.45) is 0. The molecule has 0 atom stereocenters. The number of nitrogens with zero attached hydrogens (tertiary/aromatic N) is 2. The summed E-state index contributed by atoms with van der Waals surface area (Å²) < 4.78 is 0. The predicted molar refractivity (Wildman–Crippen MR) is 121 cm³/mol. The van der Waals surface area contributed by atoms with Crippen molar-refractivity contribution >= 4 is 34.8 Å². The van der Waals surface area contributed by atoms with Gasteiger partial charge in [-0.05, 0) is 43.7 Å². The van der Waals surface area contributed by atoms with Crippen molar-refractivity contribution in [2.45, 2.75) is 13.8 Å². The van der Waals surface area contributed by atoms with Crippen LogP contribution in [0.2, 0.25) is 5.02 Å². The molecule has 0 saturated carbocycles. The first-order chi connectivity index (χ1) is 14.3. The average molecular weight is 430 g/mol. The minimum atomic E-state index is -0.189. The zero-order valence-corrected chi connectivity index (χ0v) is 18.6. The topological polar surface area (TPSA) is 57.1 Å². The molecule has 0 aromatic heterocycles. The van der Waals surface area contributed by atoms with E-state index in [1.165, 1.54) is 15.4 Å². The monoisotopic (exact) mass is 429 g/mol. The van der Waals surface area contributed by atoms with Gasteiger partial charge in [-0.25, -0.2) is 0 Å². The van der Waals surface area contributed by atoms with Gasteiger partial charge in [0.25, 0.3) is 5.91 Å². The second kappa shape index (κ2) is 9.96. The number of nitrogens with one attached hydrogen (secondary N) is 2. The summed E-state index contributed by atoms with van der Waals surface area (Å²) in [5, 5.41) is 3.58. The number of quaternary nitrogens is 1. The Morgan fingerprint density at radius 2 is 1.77 bits per heavy atom. The number of halogens is 1. The van der Waals surface area contributed by atoms with Gasteiger partial charge in [0.1, 0.15) is 0 Å². The zero-order valence-electron chi connectivity index (χ0n) is 17.9. The summed E-state index contributed by atoms with van der Waals surface area (Å²) in [4.78, 5) is 29.9. The quantitative estimate of drug-likeness (QED) is 0.735. The highest BCUT2D eigenvalue weighted by Crippen LogP contribution is 2.24. The van der Waals surface area contributed by atoms with E-state index < -0.39 is 0 Å². The summed E-state index contributed by atoms with van der Waals surface area (Å²) in [5.74, 6) is -0.206. The predicted octanol–water partition coefficient (Wildman–Crippen LogP) is 1.76. The molecular formula is C23H30ClN4O2+. The van der Waals surface area contributed by atoms with Gasteiger partial charge in [-0.2, -0.15) is 0 Å². The molecule has 0 aliphatic carbocycles. The van der Waals surface area contributed by atoms with Crippen LogP contribution in [0.5, 0.6) is 0 Å². The Labute approximate surface area is 183 Å². The molecule has 30 heavy (non-hydrogen) atoms. The summed E-state index contributed by atoms with van der Waals surface area (Å²) in [5.41, 5.74) is 4.24. The number of benzene rings is 2. The van der Waals surface area contributed by atoms with E-state index in [-0.39, 0.29) is 18.4 Å². The number of amides is 2. The second-order valence-electron chi connectivity index (χ2n) is 8.01. The van der Waals surface area contributed by atoms with Crippen molar-refractivity contribution in [3.8, 4) is 0 Å². The number of aryl methyl sites for hydroxylation is 2. The Kier molecular flexibility index (Phi) is 7.34. The van der Waals surface area contributed by atoms with Crippen LogP contribution in [-0.4, -0.2) is 63.0 Å². The van der Waals surface area contributed by atoms with Crippen LogP contribution >= 0.6 is 11.6 Å². The first-order valence-electron chi connectivity index (χ1n) is 10.3. The van der Waals surface area contributed by atoms with Crippen LogP contribution in [0.15, 0.2) is 42.5 Å². The molecule has 2 amide bonds. The fraction of sp³-hybridized carbons (Fsp3) is 0.391. The van der Waals surface area contributed by atoms with Crippen molar-refractivity contribution in [2.24, 2.45) is 0 Å². The van der Waals surface area contributed by atoms with E-state index in [4.69, 9.17) is 11.6 Å². The van der Waals surface area contributed by atoms with Gasteiger partial charge in [0, 0.05) is 23.4 Å². The van der Waals surface area contributed by atoms with Crippen molar-refractivity contribution in [3.05, 3.63) is 58.6 Å². The maximum Gasteiger partial charge on any atom is 0.277 e. The molecule has 7 heteroatoms. The van der Waals surface area contributed by atoms with Gasteiger partial charge in [0.05, 0.1) is 32.7 Å². The largest absolute Gasteiger partial charge is 0.360 e. The SMILES string of the molecule is Cc1ccc(NC(=O)CN(C)C(=O)C[NH+]2CCN(c3cc(Cl)ccc3C)CC2)cc1. The molecule has 2 aromatic rings. The minimum Gasteiger partial charge on any atom is -0.360 e. The third-order valence-electron chi connectivity index (χ3n) is 5.53. The van der Waals surface area contributed by atoms with Gasteiger partial charge in [-0.1, -0.05) is 35.4 Å². The summed E-state index contributed by atoms with van der Waals surface area (Å²) >= 11 is 6.15. The van der Waals surface area contributed by atoms with Gasteiger partial charge >= 0.3 is 0 Å². The number of likely N-dealkylation sites (N-methyl/N-ethyl adjacent to an activating group) is 1. The van der Waals surface area contributed by atoms with Gasteiger partial charge in [-0.3, -0.25) is 9.59 Å². The Balaban J connectivity index is 1.45.